The molecule has 30 heavy (non-hydrogen) atoms. The van der Waals surface area contributed by atoms with Gasteiger partial charge in [0.2, 0.25) is 5.91 Å². The molecule has 2 aromatic carbocycles. The van der Waals surface area contributed by atoms with E-state index in [1.54, 1.807) is 0 Å². The van der Waals surface area contributed by atoms with Crippen LogP contribution >= 0.6 is 11.6 Å². The van der Waals surface area contributed by atoms with Crippen molar-refractivity contribution < 1.29 is 27.5 Å². The van der Waals surface area contributed by atoms with Crippen molar-refractivity contribution in [2.75, 3.05) is 12.4 Å². The third-order valence-electron chi connectivity index (χ3n) is 4.07. The van der Waals surface area contributed by atoms with E-state index in [9.17, 15) is 22.8 Å². The fourth-order valence-corrected chi connectivity index (χ4v) is 2.92. The van der Waals surface area contributed by atoms with E-state index in [2.05, 4.69) is 10.4 Å². The summed E-state index contributed by atoms with van der Waals surface area (Å²) in [6, 6.07) is 9.52. The second kappa shape index (κ2) is 8.07. The van der Waals surface area contributed by atoms with E-state index in [1.807, 2.05) is 0 Å². The first kappa shape index (κ1) is 21.2. The Morgan fingerprint density at radius 3 is 2.53 bits per heavy atom. The first-order valence-corrected chi connectivity index (χ1v) is 8.70. The lowest BCUT2D eigenvalue weighted by molar-refractivity contribution is -0.143. The highest BCUT2D eigenvalue weighted by molar-refractivity contribution is 6.30. The number of primary amides is 1. The molecule has 156 valence electrons. The zero-order valence-corrected chi connectivity index (χ0v) is 16.1. The number of hydrogen-bond donors (Lipinski definition) is 2. The maximum atomic E-state index is 13.8. The quantitative estimate of drug-likeness (QED) is 0.631. The molecule has 3 aromatic rings. The van der Waals surface area contributed by atoms with Crippen molar-refractivity contribution in [1.29, 1.82) is 0 Å². The van der Waals surface area contributed by atoms with E-state index < -0.39 is 29.2 Å². The molecule has 0 radical (unpaired) electrons. The minimum atomic E-state index is -4.90. The lowest BCUT2D eigenvalue weighted by Crippen LogP contribution is -2.21. The molecule has 0 spiro atoms. The van der Waals surface area contributed by atoms with Gasteiger partial charge in [-0.2, -0.15) is 18.3 Å². The van der Waals surface area contributed by atoms with Crippen LogP contribution in [0, 0.1) is 0 Å². The van der Waals surface area contributed by atoms with E-state index in [1.165, 1.54) is 49.6 Å². The number of carbonyl (C=O) groups is 2. The van der Waals surface area contributed by atoms with Crippen LogP contribution < -0.4 is 15.8 Å². The smallest absolute Gasteiger partial charge is 0.434 e. The van der Waals surface area contributed by atoms with Crippen molar-refractivity contribution in [3.8, 4) is 11.4 Å². The summed E-state index contributed by atoms with van der Waals surface area (Å²) in [4.78, 5) is 24.1. The fourth-order valence-electron chi connectivity index (χ4n) is 2.74. The highest BCUT2D eigenvalue weighted by Crippen LogP contribution is 2.35. The average Bonchev–Trinajstić information content (AvgIpc) is 3.14. The minimum Gasteiger partial charge on any atom is -0.495 e. The van der Waals surface area contributed by atoms with E-state index in [4.69, 9.17) is 22.1 Å². The molecule has 0 atom stereocenters. The molecule has 0 aliphatic heterocycles. The Balaban J connectivity index is 2.05. The number of hydrogen-bond acceptors (Lipinski definition) is 4. The number of alkyl halides is 3. The second-order valence-electron chi connectivity index (χ2n) is 6.03. The van der Waals surface area contributed by atoms with Crippen LogP contribution in [0.15, 0.2) is 48.7 Å². The summed E-state index contributed by atoms with van der Waals surface area (Å²) < 4.78 is 47.0. The molecule has 0 unspecified atom stereocenters. The summed E-state index contributed by atoms with van der Waals surface area (Å²) in [5.41, 5.74) is 3.24. The van der Waals surface area contributed by atoms with Crippen molar-refractivity contribution in [1.82, 2.24) is 9.78 Å². The highest BCUT2D eigenvalue weighted by Gasteiger charge is 2.40. The predicted octanol–water partition coefficient (Wildman–Crippen LogP) is 3.90. The third kappa shape index (κ3) is 4.23. The minimum absolute atomic E-state index is 0.0255. The predicted molar refractivity (Wildman–Crippen MR) is 103 cm³/mol. The lowest BCUT2D eigenvalue weighted by atomic mass is 10.1. The third-order valence-corrected chi connectivity index (χ3v) is 4.30. The number of rotatable bonds is 5. The largest absolute Gasteiger partial charge is 0.495 e. The molecule has 0 fully saturated rings. The zero-order chi connectivity index (χ0) is 22.1. The number of benzene rings is 2. The van der Waals surface area contributed by atoms with Crippen LogP contribution in [0.2, 0.25) is 5.02 Å². The molecule has 0 saturated heterocycles. The van der Waals surface area contributed by atoms with Gasteiger partial charge in [0.1, 0.15) is 5.75 Å². The molecule has 1 aromatic heterocycles. The van der Waals surface area contributed by atoms with Gasteiger partial charge in [0.25, 0.3) is 5.91 Å². The molecule has 0 saturated carbocycles. The number of carbonyl (C=O) groups excluding carboxylic acids is 2. The molecule has 1 heterocycles. The van der Waals surface area contributed by atoms with Gasteiger partial charge in [-0.3, -0.25) is 9.59 Å². The second-order valence-corrected chi connectivity index (χ2v) is 6.47. The Kier molecular flexibility index (Phi) is 5.70. The molecule has 3 rings (SSSR count). The van der Waals surface area contributed by atoms with Crippen molar-refractivity contribution in [3.05, 3.63) is 70.5 Å². The summed E-state index contributed by atoms with van der Waals surface area (Å²) in [7, 11) is 1.30. The van der Waals surface area contributed by atoms with Crippen LogP contribution in [0.4, 0.5) is 18.9 Å². The SMILES string of the molecule is COc1ccc(C(N)=O)cc1NC(=O)c1cnn(-c2cccc(Cl)c2)c1C(F)(F)F. The van der Waals surface area contributed by atoms with Gasteiger partial charge < -0.3 is 15.8 Å². The standard InChI is InChI=1S/C19H14ClF3N4O3/c1-30-15-6-5-10(17(24)28)7-14(15)26-18(29)13-9-25-27(16(13)19(21,22)23)12-4-2-3-11(20)8-12/h2-9H,1H3,(H2,24,28)(H,26,29). The van der Waals surface area contributed by atoms with E-state index in [0.29, 0.717) is 4.68 Å². The number of ether oxygens (including phenoxy) is 1. The van der Waals surface area contributed by atoms with Gasteiger partial charge in [0.05, 0.1) is 30.2 Å². The summed E-state index contributed by atoms with van der Waals surface area (Å²) in [6.45, 7) is 0. The molecule has 0 aliphatic rings. The van der Waals surface area contributed by atoms with Crippen molar-refractivity contribution in [2.45, 2.75) is 6.18 Å². The molecule has 0 bridgehead atoms. The normalized spacial score (nSPS) is 11.2. The van der Waals surface area contributed by atoms with Gasteiger partial charge >= 0.3 is 6.18 Å². The van der Waals surface area contributed by atoms with Crippen LogP contribution in [-0.2, 0) is 6.18 Å². The first-order valence-electron chi connectivity index (χ1n) is 8.32. The molecule has 2 amide bonds. The Bertz CT molecular complexity index is 1130. The molecule has 0 aliphatic carbocycles. The van der Waals surface area contributed by atoms with Gasteiger partial charge in [-0.05, 0) is 36.4 Å². The Morgan fingerprint density at radius 1 is 1.20 bits per heavy atom. The molecular formula is C19H14ClF3N4O3. The van der Waals surface area contributed by atoms with E-state index in [-0.39, 0.29) is 27.7 Å². The van der Waals surface area contributed by atoms with Crippen molar-refractivity contribution in [2.24, 2.45) is 5.73 Å². The maximum Gasteiger partial charge on any atom is 0.434 e. The van der Waals surface area contributed by atoms with Crippen LogP contribution in [-0.4, -0.2) is 28.7 Å². The van der Waals surface area contributed by atoms with Crippen LogP contribution in [0.5, 0.6) is 5.75 Å². The van der Waals surface area contributed by atoms with Gasteiger partial charge in [0, 0.05) is 10.6 Å². The van der Waals surface area contributed by atoms with Crippen LogP contribution in [0.1, 0.15) is 26.4 Å². The van der Waals surface area contributed by atoms with Gasteiger partial charge in [-0.1, -0.05) is 17.7 Å². The number of aromatic nitrogens is 2. The van der Waals surface area contributed by atoms with Crippen molar-refractivity contribution >= 4 is 29.1 Å². The number of methoxy groups -OCH3 is 1. The topological polar surface area (TPSA) is 99.2 Å². The zero-order valence-electron chi connectivity index (χ0n) is 15.3. The summed E-state index contributed by atoms with van der Waals surface area (Å²) in [6.07, 6.45) is -4.10. The van der Waals surface area contributed by atoms with Crippen molar-refractivity contribution in [3.63, 3.8) is 0 Å². The molecular weight excluding hydrogens is 425 g/mol. The first-order chi connectivity index (χ1) is 14.1. The van der Waals surface area contributed by atoms with E-state index in [0.717, 1.165) is 6.20 Å². The lowest BCUT2D eigenvalue weighted by Gasteiger charge is -2.14. The number of nitrogens with zero attached hydrogens (tertiary/aromatic N) is 2. The number of halogens is 4. The molecule has 3 N–H and O–H groups in total. The molecule has 7 nitrogen and oxygen atoms in total. The highest BCUT2D eigenvalue weighted by atomic mass is 35.5. The van der Waals surface area contributed by atoms with Gasteiger partial charge in [-0.15, -0.1) is 0 Å². The summed E-state index contributed by atoms with van der Waals surface area (Å²) in [5, 5.41) is 6.23. The average molecular weight is 439 g/mol. The number of anilines is 1. The van der Waals surface area contributed by atoms with Crippen LogP contribution in [0.3, 0.4) is 0 Å². The molecule has 11 heteroatoms. The maximum absolute atomic E-state index is 13.8. The Hall–Kier alpha value is -3.53. The van der Waals surface area contributed by atoms with E-state index >= 15 is 0 Å². The summed E-state index contributed by atoms with van der Waals surface area (Å²) >= 11 is 5.86. The number of amides is 2. The fraction of sp³-hybridized carbons (Fsp3) is 0.105. The van der Waals surface area contributed by atoms with Crippen LogP contribution in [0.25, 0.3) is 5.69 Å². The number of nitrogens with two attached hydrogens (primary N) is 1. The Morgan fingerprint density at radius 2 is 1.93 bits per heavy atom. The van der Waals surface area contributed by atoms with Gasteiger partial charge in [0.15, 0.2) is 5.69 Å². The number of nitrogens with one attached hydrogen (secondary N) is 1. The Labute approximate surface area is 173 Å². The van der Waals surface area contributed by atoms with Gasteiger partial charge in [-0.25, -0.2) is 4.68 Å². The summed E-state index contributed by atoms with van der Waals surface area (Å²) in [5.74, 6) is -1.75. The monoisotopic (exact) mass is 438 g/mol.